The summed E-state index contributed by atoms with van der Waals surface area (Å²) in [5.74, 6) is -0.426. The average Bonchev–Trinajstić information content (AvgIpc) is 3.25. The number of nitrogens with zero attached hydrogens (tertiary/aromatic N) is 4. The molecule has 1 aromatic carbocycles. The zero-order valence-electron chi connectivity index (χ0n) is 15.7. The smallest absolute Gasteiger partial charge is 0.382 e. The van der Waals surface area contributed by atoms with Gasteiger partial charge in [0, 0.05) is 19.5 Å². The number of hydrogen-bond acceptors (Lipinski definition) is 6. The van der Waals surface area contributed by atoms with Crippen LogP contribution in [0.5, 0.6) is 0 Å². The number of amides is 1. The number of alkyl halides is 3. The molecule has 0 aliphatic carbocycles. The minimum absolute atomic E-state index is 0.0736. The number of fused-ring (bicyclic) bond motifs is 1. The minimum atomic E-state index is -4.45. The molecule has 29 heavy (non-hydrogen) atoms. The monoisotopic (exact) mass is 411 g/mol. The second kappa shape index (κ2) is 7.54. The zero-order chi connectivity index (χ0) is 20.6. The molecule has 2 aliphatic heterocycles. The summed E-state index contributed by atoms with van der Waals surface area (Å²) < 4.78 is 45.5. The number of benzene rings is 1. The maximum absolute atomic E-state index is 13.1. The second-order valence-electron chi connectivity index (χ2n) is 7.01. The number of morpholine rings is 1. The van der Waals surface area contributed by atoms with Crippen LogP contribution in [0.15, 0.2) is 23.4 Å². The number of rotatable bonds is 4. The summed E-state index contributed by atoms with van der Waals surface area (Å²) >= 11 is 0. The highest BCUT2D eigenvalue weighted by Gasteiger charge is 2.32. The van der Waals surface area contributed by atoms with Crippen LogP contribution >= 0.6 is 0 Å². The van der Waals surface area contributed by atoms with Crippen molar-refractivity contribution in [3.8, 4) is 0 Å². The van der Waals surface area contributed by atoms with Gasteiger partial charge in [-0.25, -0.2) is 0 Å². The number of anilines is 2. The van der Waals surface area contributed by atoms with Crippen LogP contribution in [0, 0.1) is 0 Å². The highest BCUT2D eigenvalue weighted by molar-refractivity contribution is 6.08. The van der Waals surface area contributed by atoms with E-state index in [4.69, 9.17) is 9.57 Å². The van der Waals surface area contributed by atoms with Gasteiger partial charge in [-0.05, 0) is 19.1 Å². The predicted molar refractivity (Wildman–Crippen MR) is 100 cm³/mol. The van der Waals surface area contributed by atoms with E-state index in [1.807, 2.05) is 11.0 Å². The maximum Gasteiger partial charge on any atom is 0.408 e. The molecule has 4 rings (SSSR count). The lowest BCUT2D eigenvalue weighted by Gasteiger charge is -2.29. The molecule has 11 heteroatoms. The zero-order valence-corrected chi connectivity index (χ0v) is 15.7. The molecular formula is C18H20F3N5O3. The van der Waals surface area contributed by atoms with Crippen molar-refractivity contribution in [2.24, 2.45) is 5.16 Å². The highest BCUT2D eigenvalue weighted by Crippen LogP contribution is 2.35. The Morgan fingerprint density at radius 1 is 1.31 bits per heavy atom. The Kier molecular flexibility index (Phi) is 5.07. The van der Waals surface area contributed by atoms with Crippen molar-refractivity contribution in [1.29, 1.82) is 0 Å². The topological polar surface area (TPSA) is 81.0 Å². The first kappa shape index (κ1) is 19.5. The number of halogens is 3. The van der Waals surface area contributed by atoms with Gasteiger partial charge in [0.25, 0.3) is 5.91 Å². The van der Waals surface area contributed by atoms with Crippen molar-refractivity contribution in [3.63, 3.8) is 0 Å². The molecule has 1 atom stereocenters. The van der Waals surface area contributed by atoms with Crippen LogP contribution in [0.1, 0.15) is 13.3 Å². The largest absolute Gasteiger partial charge is 0.408 e. The third-order valence-electron chi connectivity index (χ3n) is 4.79. The van der Waals surface area contributed by atoms with Crippen LogP contribution < -0.4 is 10.2 Å². The van der Waals surface area contributed by atoms with E-state index in [0.717, 1.165) is 4.68 Å². The van der Waals surface area contributed by atoms with Gasteiger partial charge in [0.05, 0.1) is 35.5 Å². The van der Waals surface area contributed by atoms with Crippen molar-refractivity contribution >= 4 is 34.0 Å². The van der Waals surface area contributed by atoms with Crippen molar-refractivity contribution in [2.75, 3.05) is 36.5 Å². The van der Waals surface area contributed by atoms with E-state index in [0.29, 0.717) is 55.0 Å². The van der Waals surface area contributed by atoms with Crippen molar-refractivity contribution in [1.82, 2.24) is 9.78 Å². The number of carbonyl (C=O) groups excluding carboxylic acids is 1. The number of hydrogen-bond donors (Lipinski definition) is 1. The molecule has 2 aromatic rings. The van der Waals surface area contributed by atoms with Gasteiger partial charge in [0.15, 0.2) is 5.82 Å². The Morgan fingerprint density at radius 3 is 2.72 bits per heavy atom. The normalized spacial score (nSPS) is 19.9. The lowest BCUT2D eigenvalue weighted by Crippen LogP contribution is -2.36. The molecule has 1 aromatic heterocycles. The van der Waals surface area contributed by atoms with Crippen LogP contribution in [0.3, 0.4) is 0 Å². The minimum Gasteiger partial charge on any atom is -0.382 e. The molecule has 0 radical (unpaired) electrons. The van der Waals surface area contributed by atoms with Gasteiger partial charge in [-0.15, -0.1) is 0 Å². The third-order valence-corrected chi connectivity index (χ3v) is 4.79. The molecule has 0 bridgehead atoms. The molecule has 2 aliphatic rings. The van der Waals surface area contributed by atoms with E-state index in [-0.39, 0.29) is 5.82 Å². The van der Waals surface area contributed by atoms with Crippen molar-refractivity contribution in [2.45, 2.75) is 32.2 Å². The second-order valence-corrected chi connectivity index (χ2v) is 7.01. The molecule has 8 nitrogen and oxygen atoms in total. The van der Waals surface area contributed by atoms with Gasteiger partial charge >= 0.3 is 6.18 Å². The van der Waals surface area contributed by atoms with Crippen LogP contribution in [-0.4, -0.2) is 60.0 Å². The lowest BCUT2D eigenvalue weighted by atomic mass is 10.1. The number of oxime groups is 1. The number of carbonyl (C=O) groups is 1. The summed E-state index contributed by atoms with van der Waals surface area (Å²) in [6, 6.07) is 5.06. The quantitative estimate of drug-likeness (QED) is 0.836. The van der Waals surface area contributed by atoms with E-state index in [1.165, 1.54) is 0 Å². The first-order valence-electron chi connectivity index (χ1n) is 9.21. The SMILES string of the molecule is CC1=NOC(C(=O)Nc2nn(CC(F)(F)F)c3cccc(N4CCOCC4)c23)C1. The van der Waals surface area contributed by atoms with Crippen LogP contribution in [0.25, 0.3) is 10.9 Å². The Bertz CT molecular complexity index is 950. The molecule has 0 saturated carbocycles. The fourth-order valence-electron chi connectivity index (χ4n) is 3.49. The first-order chi connectivity index (χ1) is 13.8. The van der Waals surface area contributed by atoms with E-state index >= 15 is 0 Å². The summed E-state index contributed by atoms with van der Waals surface area (Å²) in [4.78, 5) is 19.7. The summed E-state index contributed by atoms with van der Waals surface area (Å²) in [5.41, 5.74) is 1.67. The molecular weight excluding hydrogens is 391 g/mol. The summed E-state index contributed by atoms with van der Waals surface area (Å²) in [5, 5.41) is 10.9. The van der Waals surface area contributed by atoms with Crippen LogP contribution in [0.2, 0.25) is 0 Å². The Morgan fingerprint density at radius 2 is 2.07 bits per heavy atom. The maximum atomic E-state index is 13.1. The fraction of sp³-hybridized carbons (Fsp3) is 0.500. The Labute approximate surface area is 164 Å². The van der Waals surface area contributed by atoms with E-state index < -0.39 is 24.7 Å². The molecule has 3 heterocycles. The standard InChI is InChI=1S/C18H20F3N5O3/c1-11-9-14(29-24-11)17(27)22-16-15-12(25-5-7-28-8-6-25)3-2-4-13(15)26(23-16)10-18(19,20)21/h2-4,14H,5-10H2,1H3,(H,22,23,27). The molecule has 1 fully saturated rings. The third kappa shape index (κ3) is 4.14. The summed E-state index contributed by atoms with van der Waals surface area (Å²) in [6.45, 7) is 2.69. The summed E-state index contributed by atoms with van der Waals surface area (Å²) in [6.07, 6.45) is -4.95. The Balaban J connectivity index is 1.73. The van der Waals surface area contributed by atoms with Crippen molar-refractivity contribution in [3.05, 3.63) is 18.2 Å². The molecule has 1 amide bonds. The predicted octanol–water partition coefficient (Wildman–Crippen LogP) is 2.54. The van der Waals surface area contributed by atoms with Crippen LogP contribution in [0.4, 0.5) is 24.7 Å². The van der Waals surface area contributed by atoms with E-state index in [9.17, 15) is 18.0 Å². The average molecular weight is 411 g/mol. The van der Waals surface area contributed by atoms with E-state index in [1.54, 1.807) is 19.1 Å². The molecule has 1 saturated heterocycles. The molecule has 1 unspecified atom stereocenters. The first-order valence-corrected chi connectivity index (χ1v) is 9.21. The molecule has 0 spiro atoms. The lowest BCUT2D eigenvalue weighted by molar-refractivity contribution is -0.141. The van der Waals surface area contributed by atoms with Gasteiger partial charge in [0.1, 0.15) is 6.54 Å². The van der Waals surface area contributed by atoms with Gasteiger partial charge in [-0.2, -0.15) is 18.3 Å². The number of nitrogens with one attached hydrogen (secondary N) is 1. The number of aromatic nitrogens is 2. The Hall–Kier alpha value is -2.82. The molecule has 1 N–H and O–H groups in total. The van der Waals surface area contributed by atoms with Gasteiger partial charge < -0.3 is 19.8 Å². The fourth-order valence-corrected chi connectivity index (χ4v) is 3.49. The van der Waals surface area contributed by atoms with Crippen LogP contribution in [-0.2, 0) is 20.9 Å². The molecule has 156 valence electrons. The van der Waals surface area contributed by atoms with Crippen molar-refractivity contribution < 1.29 is 27.5 Å². The van der Waals surface area contributed by atoms with E-state index in [2.05, 4.69) is 15.6 Å². The number of ether oxygens (including phenoxy) is 1. The van der Waals surface area contributed by atoms with Gasteiger partial charge in [0.2, 0.25) is 6.10 Å². The van der Waals surface area contributed by atoms with Gasteiger partial charge in [-0.3, -0.25) is 9.48 Å². The highest BCUT2D eigenvalue weighted by atomic mass is 19.4. The summed E-state index contributed by atoms with van der Waals surface area (Å²) in [7, 11) is 0. The van der Waals surface area contributed by atoms with Gasteiger partial charge in [-0.1, -0.05) is 11.2 Å².